The lowest BCUT2D eigenvalue weighted by Gasteiger charge is -2.34. The maximum atomic E-state index is 13.0. The molecule has 0 aliphatic carbocycles. The predicted octanol–water partition coefficient (Wildman–Crippen LogP) is 5.89. The number of aromatic hydroxyl groups is 2. The Morgan fingerprint density at radius 1 is 0.759 bits per heavy atom. The summed E-state index contributed by atoms with van der Waals surface area (Å²) < 4.78 is 33.9. The highest BCUT2D eigenvalue weighted by Crippen LogP contribution is 2.52. The molecule has 3 rings (SSSR count). The van der Waals surface area contributed by atoms with Crippen LogP contribution in [0.4, 0.5) is 0 Å². The SMILES string of the molecule is O=S(=O)(O)C(c1cccc(Cl)c1)(c1cc(O)cc(Cl)c1)c1c(Cl)ccc(Cl)c1O. The summed E-state index contributed by atoms with van der Waals surface area (Å²) in [4.78, 5) is 0. The molecule has 0 aromatic heterocycles. The van der Waals surface area contributed by atoms with E-state index in [1.54, 1.807) is 0 Å². The van der Waals surface area contributed by atoms with Gasteiger partial charge in [0, 0.05) is 20.6 Å². The van der Waals surface area contributed by atoms with E-state index >= 15 is 0 Å². The average Bonchev–Trinajstić information content (AvgIpc) is 2.60. The zero-order valence-corrected chi connectivity index (χ0v) is 18.1. The highest BCUT2D eigenvalue weighted by Gasteiger charge is 2.52. The van der Waals surface area contributed by atoms with Gasteiger partial charge >= 0.3 is 0 Å². The Morgan fingerprint density at radius 2 is 1.38 bits per heavy atom. The molecule has 0 amide bonds. The number of hydrogen-bond acceptors (Lipinski definition) is 4. The van der Waals surface area contributed by atoms with Crippen molar-refractivity contribution in [2.24, 2.45) is 0 Å². The van der Waals surface area contributed by atoms with Crippen LogP contribution in [0, 0.1) is 0 Å². The van der Waals surface area contributed by atoms with E-state index in [2.05, 4.69) is 0 Å². The normalized spacial score (nSPS) is 13.8. The molecular formula is C19H12Cl4O5S. The molecule has 0 saturated heterocycles. The Bertz CT molecular complexity index is 1190. The summed E-state index contributed by atoms with van der Waals surface area (Å²) >= 11 is 24.4. The molecule has 3 aromatic carbocycles. The Labute approximate surface area is 186 Å². The molecule has 3 aromatic rings. The topological polar surface area (TPSA) is 94.8 Å². The zero-order chi connectivity index (χ0) is 21.6. The van der Waals surface area contributed by atoms with Gasteiger partial charge in [-0.25, -0.2) is 0 Å². The number of benzene rings is 3. The van der Waals surface area contributed by atoms with Crippen LogP contribution in [0.3, 0.4) is 0 Å². The molecule has 1 atom stereocenters. The van der Waals surface area contributed by atoms with Gasteiger partial charge in [-0.2, -0.15) is 8.42 Å². The van der Waals surface area contributed by atoms with Gasteiger partial charge < -0.3 is 10.2 Å². The van der Waals surface area contributed by atoms with E-state index in [-0.39, 0.29) is 37.0 Å². The van der Waals surface area contributed by atoms with E-state index in [0.29, 0.717) is 0 Å². The summed E-state index contributed by atoms with van der Waals surface area (Å²) in [5.41, 5.74) is -0.668. The molecule has 0 radical (unpaired) electrons. The van der Waals surface area contributed by atoms with Crippen molar-refractivity contribution in [2.45, 2.75) is 4.75 Å². The van der Waals surface area contributed by atoms with Crippen LogP contribution in [0.5, 0.6) is 11.5 Å². The quantitative estimate of drug-likeness (QED) is 0.311. The second-order valence-corrected chi connectivity index (χ2v) is 9.37. The van der Waals surface area contributed by atoms with Crippen molar-refractivity contribution in [2.75, 3.05) is 0 Å². The monoisotopic (exact) mass is 492 g/mol. The number of rotatable bonds is 4. The van der Waals surface area contributed by atoms with Crippen LogP contribution in [0.15, 0.2) is 54.6 Å². The van der Waals surface area contributed by atoms with Gasteiger partial charge in [0.05, 0.1) is 5.02 Å². The Balaban J connectivity index is 2.65. The van der Waals surface area contributed by atoms with Crippen LogP contribution in [0.2, 0.25) is 20.1 Å². The molecule has 10 heteroatoms. The molecule has 0 aliphatic rings. The van der Waals surface area contributed by atoms with E-state index in [1.165, 1.54) is 48.5 Å². The number of phenols is 2. The van der Waals surface area contributed by atoms with Gasteiger partial charge in [-0.3, -0.25) is 4.55 Å². The smallest absolute Gasteiger partial charge is 0.283 e. The van der Waals surface area contributed by atoms with Gasteiger partial charge in [0.2, 0.25) is 0 Å². The average molecular weight is 494 g/mol. The van der Waals surface area contributed by atoms with E-state index in [0.717, 1.165) is 6.07 Å². The van der Waals surface area contributed by atoms with E-state index in [4.69, 9.17) is 46.4 Å². The number of hydrogen-bond donors (Lipinski definition) is 3. The highest BCUT2D eigenvalue weighted by atomic mass is 35.5. The zero-order valence-electron chi connectivity index (χ0n) is 14.3. The molecule has 0 spiro atoms. The third-order valence-electron chi connectivity index (χ3n) is 4.34. The summed E-state index contributed by atoms with van der Waals surface area (Å²) in [5.74, 6) is -1.04. The Kier molecular flexibility index (Phi) is 5.98. The van der Waals surface area contributed by atoms with Crippen molar-refractivity contribution in [1.29, 1.82) is 0 Å². The van der Waals surface area contributed by atoms with E-state index in [1.807, 2.05) is 0 Å². The molecule has 0 saturated carbocycles. The van der Waals surface area contributed by atoms with Gasteiger partial charge in [0.15, 0.2) is 4.75 Å². The van der Waals surface area contributed by atoms with Crippen LogP contribution in [-0.4, -0.2) is 23.2 Å². The van der Waals surface area contributed by atoms with Crippen molar-refractivity contribution in [1.82, 2.24) is 0 Å². The number of halogens is 4. The first kappa shape index (κ1) is 22.0. The second kappa shape index (κ2) is 7.87. The first-order chi connectivity index (χ1) is 13.5. The van der Waals surface area contributed by atoms with Crippen LogP contribution in [0.1, 0.15) is 16.7 Å². The minimum absolute atomic E-state index is 0.0207. The van der Waals surface area contributed by atoms with E-state index < -0.39 is 26.2 Å². The fourth-order valence-corrected chi connectivity index (χ4v) is 5.48. The second-order valence-electron chi connectivity index (χ2n) is 6.12. The van der Waals surface area contributed by atoms with Gasteiger partial charge in [-0.05, 0) is 53.6 Å². The third-order valence-corrected chi connectivity index (χ3v) is 6.86. The third kappa shape index (κ3) is 3.77. The molecule has 0 aliphatic heterocycles. The maximum absolute atomic E-state index is 13.0. The van der Waals surface area contributed by atoms with E-state index in [9.17, 15) is 23.2 Å². The largest absolute Gasteiger partial charge is 0.508 e. The van der Waals surface area contributed by atoms with Crippen LogP contribution in [0.25, 0.3) is 0 Å². The lowest BCUT2D eigenvalue weighted by atomic mass is 9.83. The highest BCUT2D eigenvalue weighted by molar-refractivity contribution is 7.87. The van der Waals surface area contributed by atoms with Crippen LogP contribution < -0.4 is 0 Å². The molecule has 5 nitrogen and oxygen atoms in total. The lowest BCUT2D eigenvalue weighted by molar-refractivity contribution is 0.439. The minimum atomic E-state index is -5.13. The summed E-state index contributed by atoms with van der Waals surface area (Å²) in [7, 11) is -5.13. The molecule has 29 heavy (non-hydrogen) atoms. The minimum Gasteiger partial charge on any atom is -0.508 e. The van der Waals surface area contributed by atoms with Gasteiger partial charge in [0.25, 0.3) is 10.1 Å². The fraction of sp³-hybridized carbons (Fsp3) is 0.0526. The van der Waals surface area contributed by atoms with Gasteiger partial charge in [0.1, 0.15) is 11.5 Å². The van der Waals surface area contributed by atoms with Crippen LogP contribution >= 0.6 is 46.4 Å². The first-order valence-electron chi connectivity index (χ1n) is 7.89. The Hall–Kier alpha value is -1.67. The van der Waals surface area contributed by atoms with Crippen molar-refractivity contribution in [3.63, 3.8) is 0 Å². The molecule has 3 N–H and O–H groups in total. The Morgan fingerprint density at radius 3 is 1.97 bits per heavy atom. The van der Waals surface area contributed by atoms with Crippen molar-refractivity contribution in [3.8, 4) is 11.5 Å². The van der Waals surface area contributed by atoms with Crippen molar-refractivity contribution >= 4 is 56.5 Å². The molecule has 0 fully saturated rings. The fourth-order valence-electron chi connectivity index (χ4n) is 3.24. The van der Waals surface area contributed by atoms with Crippen molar-refractivity contribution < 1.29 is 23.2 Å². The summed E-state index contributed by atoms with van der Waals surface area (Å²) in [6.07, 6.45) is 0. The predicted molar refractivity (Wildman–Crippen MR) is 114 cm³/mol. The lowest BCUT2D eigenvalue weighted by Crippen LogP contribution is -2.38. The molecule has 152 valence electrons. The summed E-state index contributed by atoms with van der Waals surface area (Å²) in [6.45, 7) is 0. The van der Waals surface area contributed by atoms with Crippen LogP contribution in [-0.2, 0) is 14.9 Å². The molecule has 0 bridgehead atoms. The van der Waals surface area contributed by atoms with Crippen molar-refractivity contribution in [3.05, 3.63) is 91.4 Å². The van der Waals surface area contributed by atoms with Gasteiger partial charge in [-0.15, -0.1) is 0 Å². The molecule has 0 heterocycles. The maximum Gasteiger partial charge on any atom is 0.283 e. The summed E-state index contributed by atoms with van der Waals surface area (Å²) in [5, 5.41) is 20.5. The standard InChI is InChI=1S/C19H12Cl4O5S/c20-12-3-1-2-10(6-12)19(29(26,27)28,11-7-13(21)9-14(24)8-11)17-15(22)4-5-16(23)18(17)25/h1-9,24-25H,(H,26,27,28). The molecule has 1 unspecified atom stereocenters. The summed E-state index contributed by atoms with van der Waals surface area (Å²) in [6, 6.07) is 11.6. The number of phenolic OH excluding ortho intramolecular Hbond substituents is 2. The first-order valence-corrected chi connectivity index (χ1v) is 10.8. The van der Waals surface area contributed by atoms with Gasteiger partial charge in [-0.1, -0.05) is 58.5 Å². The molecular weight excluding hydrogens is 482 g/mol.